The Morgan fingerprint density at radius 1 is 1.15 bits per heavy atom. The molecule has 0 saturated carbocycles. The van der Waals surface area contributed by atoms with Crippen LogP contribution in [0.2, 0.25) is 0 Å². The highest BCUT2D eigenvalue weighted by Gasteiger charge is 2.21. The second-order valence-electron chi connectivity index (χ2n) is 2.26. The molecular weight excluding hydrogens is 188 g/mol. The zero-order valence-electron chi connectivity index (χ0n) is 6.17. The maximum Gasteiger partial charge on any atom is 0.522 e. The normalized spacial score (nSPS) is 10.2. The highest BCUT2D eigenvalue weighted by Crippen LogP contribution is 2.08. The van der Waals surface area contributed by atoms with E-state index < -0.39 is 30.0 Å². The lowest BCUT2D eigenvalue weighted by Gasteiger charge is -2.03. The lowest BCUT2D eigenvalue weighted by atomic mass is 9.80. The Labute approximate surface area is 71.5 Å². The first kappa shape index (κ1) is 10.0. The molecule has 3 nitrogen and oxygen atoms in total. The van der Waals surface area contributed by atoms with E-state index >= 15 is 0 Å². The van der Waals surface area contributed by atoms with Gasteiger partial charge < -0.3 is 5.02 Å². The Morgan fingerprint density at radius 3 is 2.00 bits per heavy atom. The van der Waals surface area contributed by atoms with Crippen LogP contribution in [0.4, 0.5) is 13.2 Å². The Kier molecular flexibility index (Phi) is 2.92. The first-order valence-corrected chi connectivity index (χ1v) is 3.19. The number of halogens is 3. The summed E-state index contributed by atoms with van der Waals surface area (Å²) in [5.41, 5.74) is -0.418. The summed E-state index contributed by atoms with van der Waals surface area (Å²) < 4.78 is 37.3. The Bertz CT molecular complexity index is 297. The monoisotopic (exact) mass is 192 g/mol. The second kappa shape index (κ2) is 3.78. The summed E-state index contributed by atoms with van der Waals surface area (Å²) in [6.45, 7) is 0. The fourth-order valence-electron chi connectivity index (χ4n) is 0.779. The minimum absolute atomic E-state index is 0.418. The summed E-state index contributed by atoms with van der Waals surface area (Å²) in [5.74, 6) is -4.58. The van der Waals surface area contributed by atoms with Gasteiger partial charge in [-0.15, -0.1) is 0 Å². The van der Waals surface area contributed by atoms with Crippen molar-refractivity contribution in [3.05, 3.63) is 29.6 Å². The van der Waals surface area contributed by atoms with Crippen LogP contribution in [-0.4, -0.2) is 17.4 Å². The molecule has 0 bridgehead atoms. The molecule has 1 rings (SSSR count). The third kappa shape index (κ3) is 2.00. The maximum absolute atomic E-state index is 12.5. The average Bonchev–Trinajstić information content (AvgIpc) is 2.12. The molecule has 13 heavy (non-hydrogen) atoms. The van der Waals surface area contributed by atoms with Crippen LogP contribution in [0.5, 0.6) is 0 Å². The summed E-state index contributed by atoms with van der Waals surface area (Å²) in [5, 5.41) is 16.7. The topological polar surface area (TPSA) is 49.7 Å². The number of hydrogen-bond donors (Lipinski definition) is 2. The van der Waals surface area contributed by atoms with Crippen molar-refractivity contribution in [3.8, 4) is 0 Å². The smallest absolute Gasteiger partial charge is 0.422 e. The highest BCUT2D eigenvalue weighted by molar-refractivity contribution is 6.59. The Balaban J connectivity index is 3.13. The van der Waals surface area contributed by atoms with E-state index in [1.165, 1.54) is 0 Å². The molecule has 0 spiro atoms. The molecule has 0 aromatic heterocycles. The molecule has 0 heterocycles. The summed E-state index contributed by atoms with van der Waals surface area (Å²) >= 11 is 0. The molecule has 0 aliphatic carbocycles. The summed E-state index contributed by atoms with van der Waals surface area (Å²) in [4.78, 5) is 3.39. The van der Waals surface area contributed by atoms with Crippen LogP contribution >= 0.6 is 0 Å². The number of rotatable bonds is 2. The first-order chi connectivity index (χ1) is 6.06. The molecule has 0 unspecified atom stereocenters. The molecule has 0 aliphatic rings. The van der Waals surface area contributed by atoms with E-state index in [9.17, 15) is 13.2 Å². The van der Waals surface area contributed by atoms with Crippen molar-refractivity contribution in [1.29, 1.82) is 0 Å². The number of hydrogen-bond acceptors (Lipinski definition) is 3. The first-order valence-electron chi connectivity index (χ1n) is 3.19. The third-order valence-corrected chi connectivity index (χ3v) is 1.39. The van der Waals surface area contributed by atoms with Gasteiger partial charge in [0.15, 0.2) is 17.5 Å². The van der Waals surface area contributed by atoms with Crippen LogP contribution < -0.4 is 5.46 Å². The van der Waals surface area contributed by atoms with Gasteiger partial charge in [0, 0.05) is 0 Å². The molecular formula is C6H4BF3O3. The summed E-state index contributed by atoms with van der Waals surface area (Å²) in [7, 11) is -1.90. The van der Waals surface area contributed by atoms with Gasteiger partial charge in [-0.3, -0.25) is 10.1 Å². The lowest BCUT2D eigenvalue weighted by Crippen LogP contribution is -2.33. The largest absolute Gasteiger partial charge is 0.522 e. The maximum atomic E-state index is 12.5. The van der Waals surface area contributed by atoms with E-state index in [4.69, 9.17) is 10.3 Å². The Morgan fingerprint density at radius 2 is 1.62 bits per heavy atom. The average molecular weight is 192 g/mol. The van der Waals surface area contributed by atoms with Crippen molar-refractivity contribution in [2.75, 3.05) is 0 Å². The van der Waals surface area contributed by atoms with E-state index in [-0.39, 0.29) is 0 Å². The van der Waals surface area contributed by atoms with Crippen molar-refractivity contribution < 1.29 is 28.3 Å². The molecule has 0 saturated heterocycles. The molecule has 70 valence electrons. The molecule has 0 aliphatic heterocycles. The fourth-order valence-corrected chi connectivity index (χ4v) is 0.779. The van der Waals surface area contributed by atoms with Crippen molar-refractivity contribution in [2.24, 2.45) is 0 Å². The van der Waals surface area contributed by atoms with Crippen LogP contribution in [0.15, 0.2) is 12.1 Å². The lowest BCUT2D eigenvalue weighted by molar-refractivity contribution is -0.154. The summed E-state index contributed by atoms with van der Waals surface area (Å²) in [6.07, 6.45) is 0. The molecule has 0 atom stereocenters. The van der Waals surface area contributed by atoms with Gasteiger partial charge in [-0.05, 0) is 17.6 Å². The van der Waals surface area contributed by atoms with Crippen LogP contribution in [0.25, 0.3) is 0 Å². The molecule has 1 aromatic rings. The van der Waals surface area contributed by atoms with Gasteiger partial charge in [0.25, 0.3) is 0 Å². The van der Waals surface area contributed by atoms with Crippen molar-refractivity contribution in [2.45, 2.75) is 0 Å². The number of benzene rings is 1. The fraction of sp³-hybridized carbons (Fsp3) is 0. The van der Waals surface area contributed by atoms with Crippen LogP contribution in [0.1, 0.15) is 0 Å². The van der Waals surface area contributed by atoms with Gasteiger partial charge in [0.1, 0.15) is 0 Å². The Hall–Kier alpha value is -1.05. The van der Waals surface area contributed by atoms with Crippen molar-refractivity contribution in [1.82, 2.24) is 0 Å². The molecule has 7 heteroatoms. The standard InChI is InChI=1S/C6H4BF3O3/c8-4-1-3(7(11)13-12)2-5(9)6(4)10/h1-2,11-12H. The van der Waals surface area contributed by atoms with Gasteiger partial charge in [-0.2, -0.15) is 0 Å². The van der Waals surface area contributed by atoms with Gasteiger partial charge >= 0.3 is 7.12 Å². The van der Waals surface area contributed by atoms with Crippen molar-refractivity contribution >= 4 is 12.6 Å². The molecule has 1 aromatic carbocycles. The SMILES string of the molecule is OOB(O)c1cc(F)c(F)c(F)c1. The molecule has 0 amide bonds. The van der Waals surface area contributed by atoms with E-state index in [0.717, 1.165) is 0 Å². The molecule has 0 radical (unpaired) electrons. The minimum Gasteiger partial charge on any atom is -0.422 e. The zero-order valence-corrected chi connectivity index (χ0v) is 6.17. The highest BCUT2D eigenvalue weighted by atomic mass is 19.2. The van der Waals surface area contributed by atoms with Crippen LogP contribution in [-0.2, 0) is 4.81 Å². The minimum atomic E-state index is -1.90. The van der Waals surface area contributed by atoms with E-state index in [0.29, 0.717) is 12.1 Å². The molecule has 2 N–H and O–H groups in total. The zero-order chi connectivity index (χ0) is 10.0. The van der Waals surface area contributed by atoms with Crippen molar-refractivity contribution in [3.63, 3.8) is 0 Å². The van der Waals surface area contributed by atoms with Crippen LogP contribution in [0.3, 0.4) is 0 Å². The van der Waals surface area contributed by atoms with Gasteiger partial charge in [0.05, 0.1) is 0 Å². The van der Waals surface area contributed by atoms with E-state index in [1.54, 1.807) is 0 Å². The third-order valence-electron chi connectivity index (χ3n) is 1.39. The van der Waals surface area contributed by atoms with Gasteiger partial charge in [-0.1, -0.05) is 0 Å². The van der Waals surface area contributed by atoms with Crippen LogP contribution in [0, 0.1) is 17.5 Å². The van der Waals surface area contributed by atoms with E-state index in [1.807, 2.05) is 0 Å². The summed E-state index contributed by atoms with van der Waals surface area (Å²) in [6, 6.07) is 1.03. The second-order valence-corrected chi connectivity index (χ2v) is 2.26. The predicted octanol–water partition coefficient (Wildman–Crippen LogP) is 0.281. The quantitative estimate of drug-likeness (QED) is 0.306. The van der Waals surface area contributed by atoms with E-state index in [2.05, 4.69) is 4.81 Å². The predicted molar refractivity (Wildman–Crippen MR) is 37.6 cm³/mol. The molecule has 0 fully saturated rings. The van der Waals surface area contributed by atoms with Gasteiger partial charge in [0.2, 0.25) is 0 Å². The van der Waals surface area contributed by atoms with Gasteiger partial charge in [-0.25, -0.2) is 13.2 Å².